The van der Waals surface area contributed by atoms with Crippen LogP contribution in [0.4, 0.5) is 4.39 Å². The van der Waals surface area contributed by atoms with Crippen LogP contribution < -0.4 is 5.32 Å². The Balaban J connectivity index is 0.00000200. The number of rotatable bonds is 3. The molecule has 1 aromatic rings. The lowest BCUT2D eigenvalue weighted by atomic mass is 9.96. The Morgan fingerprint density at radius 3 is 2.60 bits per heavy atom. The molecule has 1 heterocycles. The molecule has 0 radical (unpaired) electrons. The number of carbonyl (C=O) groups is 1. The van der Waals surface area contributed by atoms with Gasteiger partial charge in [0.15, 0.2) is 0 Å². The third-order valence-electron chi connectivity index (χ3n) is 3.81. The van der Waals surface area contributed by atoms with Gasteiger partial charge in [-0.2, -0.15) is 0 Å². The first kappa shape index (κ1) is 16.9. The molecule has 1 fully saturated rings. The number of hydrogen-bond donors (Lipinski definition) is 1. The summed E-state index contributed by atoms with van der Waals surface area (Å²) >= 11 is 0. The van der Waals surface area contributed by atoms with Gasteiger partial charge in [0, 0.05) is 18.7 Å². The lowest BCUT2D eigenvalue weighted by Gasteiger charge is -2.32. The summed E-state index contributed by atoms with van der Waals surface area (Å²) in [6, 6.07) is 4.36. The summed E-state index contributed by atoms with van der Waals surface area (Å²) in [4.78, 5) is 14.3. The number of benzene rings is 1. The number of piperidine rings is 1. The highest BCUT2D eigenvalue weighted by molar-refractivity contribution is 5.95. The Kier molecular flexibility index (Phi) is 6.43. The van der Waals surface area contributed by atoms with E-state index in [4.69, 9.17) is 0 Å². The molecule has 0 unspecified atom stereocenters. The topological polar surface area (TPSA) is 32.3 Å². The van der Waals surface area contributed by atoms with Crippen molar-refractivity contribution in [3.8, 4) is 0 Å². The third-order valence-corrected chi connectivity index (χ3v) is 3.81. The van der Waals surface area contributed by atoms with Crippen molar-refractivity contribution in [2.24, 2.45) is 5.92 Å². The van der Waals surface area contributed by atoms with Crippen LogP contribution in [0.1, 0.15) is 28.8 Å². The van der Waals surface area contributed by atoms with E-state index in [1.807, 2.05) is 11.9 Å². The fourth-order valence-corrected chi connectivity index (χ4v) is 2.67. The van der Waals surface area contributed by atoms with E-state index < -0.39 is 0 Å². The van der Waals surface area contributed by atoms with Crippen LogP contribution in [-0.2, 0) is 0 Å². The molecule has 2 rings (SSSR count). The number of nitrogens with zero attached hydrogens (tertiary/aromatic N) is 1. The van der Waals surface area contributed by atoms with Crippen molar-refractivity contribution in [3.05, 3.63) is 35.1 Å². The standard InChI is InChI=1S/C15H21FN2O.ClH/c1-11-9-13(16)3-4-14(11)15(19)18-7-5-12(6-8-18)10-17-2;/h3-4,9,12,17H,5-8,10H2,1-2H3;1H. The number of nitrogens with one attached hydrogen (secondary N) is 1. The van der Waals surface area contributed by atoms with Gasteiger partial charge in [-0.15, -0.1) is 12.4 Å². The summed E-state index contributed by atoms with van der Waals surface area (Å²) in [7, 11) is 1.96. The van der Waals surface area contributed by atoms with Crippen molar-refractivity contribution < 1.29 is 9.18 Å². The average molecular weight is 301 g/mol. The minimum atomic E-state index is -0.290. The Morgan fingerprint density at radius 2 is 2.05 bits per heavy atom. The van der Waals surface area contributed by atoms with Crippen LogP contribution in [0.15, 0.2) is 18.2 Å². The van der Waals surface area contributed by atoms with Crippen molar-refractivity contribution >= 4 is 18.3 Å². The zero-order chi connectivity index (χ0) is 13.8. The van der Waals surface area contributed by atoms with Crippen LogP contribution >= 0.6 is 12.4 Å². The highest BCUT2D eigenvalue weighted by atomic mass is 35.5. The number of halogens is 2. The molecule has 1 amide bonds. The molecule has 3 nitrogen and oxygen atoms in total. The molecule has 1 saturated heterocycles. The van der Waals surface area contributed by atoms with Gasteiger partial charge in [-0.05, 0) is 63.0 Å². The number of hydrogen-bond acceptors (Lipinski definition) is 2. The van der Waals surface area contributed by atoms with Gasteiger partial charge in [0.25, 0.3) is 5.91 Å². The zero-order valence-corrected chi connectivity index (χ0v) is 12.8. The molecule has 0 aromatic heterocycles. The van der Waals surface area contributed by atoms with E-state index >= 15 is 0 Å². The van der Waals surface area contributed by atoms with Gasteiger partial charge in [-0.3, -0.25) is 4.79 Å². The molecule has 0 spiro atoms. The van der Waals surface area contributed by atoms with Gasteiger partial charge >= 0.3 is 0 Å². The maximum absolute atomic E-state index is 13.1. The third kappa shape index (κ3) is 3.93. The molecule has 0 aliphatic carbocycles. The summed E-state index contributed by atoms with van der Waals surface area (Å²) in [5.41, 5.74) is 1.33. The second kappa shape index (κ2) is 7.60. The second-order valence-electron chi connectivity index (χ2n) is 5.25. The first-order valence-corrected chi connectivity index (χ1v) is 6.82. The van der Waals surface area contributed by atoms with E-state index in [9.17, 15) is 9.18 Å². The van der Waals surface area contributed by atoms with Crippen LogP contribution in [0, 0.1) is 18.7 Å². The van der Waals surface area contributed by atoms with Gasteiger partial charge < -0.3 is 10.2 Å². The van der Waals surface area contributed by atoms with Crippen LogP contribution in [-0.4, -0.2) is 37.5 Å². The van der Waals surface area contributed by atoms with E-state index in [2.05, 4.69) is 5.32 Å². The number of likely N-dealkylation sites (tertiary alicyclic amines) is 1. The summed E-state index contributed by atoms with van der Waals surface area (Å²) in [5, 5.41) is 3.18. The Bertz CT molecular complexity index is 459. The van der Waals surface area contributed by atoms with Crippen molar-refractivity contribution in [3.63, 3.8) is 0 Å². The van der Waals surface area contributed by atoms with Gasteiger partial charge in [0.05, 0.1) is 0 Å². The quantitative estimate of drug-likeness (QED) is 0.931. The van der Waals surface area contributed by atoms with Crippen molar-refractivity contribution in [2.75, 3.05) is 26.7 Å². The molecule has 0 saturated carbocycles. The molecule has 0 bridgehead atoms. The number of amides is 1. The molecule has 5 heteroatoms. The minimum Gasteiger partial charge on any atom is -0.339 e. The second-order valence-corrected chi connectivity index (χ2v) is 5.25. The predicted molar refractivity (Wildman–Crippen MR) is 80.9 cm³/mol. The molecule has 1 aliphatic rings. The van der Waals surface area contributed by atoms with E-state index in [0.29, 0.717) is 17.0 Å². The maximum atomic E-state index is 13.1. The van der Waals surface area contributed by atoms with E-state index in [0.717, 1.165) is 32.5 Å². The van der Waals surface area contributed by atoms with Crippen molar-refractivity contribution in [1.82, 2.24) is 10.2 Å². The Morgan fingerprint density at radius 1 is 1.40 bits per heavy atom. The smallest absolute Gasteiger partial charge is 0.254 e. The monoisotopic (exact) mass is 300 g/mol. The van der Waals surface area contributed by atoms with Gasteiger partial charge in [-0.1, -0.05) is 0 Å². The highest BCUT2D eigenvalue weighted by Crippen LogP contribution is 2.20. The first-order valence-electron chi connectivity index (χ1n) is 6.82. The van der Waals surface area contributed by atoms with E-state index in [-0.39, 0.29) is 24.1 Å². The zero-order valence-electron chi connectivity index (χ0n) is 12.0. The highest BCUT2D eigenvalue weighted by Gasteiger charge is 2.24. The average Bonchev–Trinajstić information content (AvgIpc) is 2.39. The normalized spacial score (nSPS) is 15.8. The molecule has 20 heavy (non-hydrogen) atoms. The lowest BCUT2D eigenvalue weighted by Crippen LogP contribution is -2.40. The Labute approximate surface area is 125 Å². The SMILES string of the molecule is CNCC1CCN(C(=O)c2ccc(F)cc2C)CC1.Cl. The predicted octanol–water partition coefficient (Wildman–Crippen LogP) is 2.63. The molecular weight excluding hydrogens is 279 g/mol. The van der Waals surface area contributed by atoms with Crippen molar-refractivity contribution in [1.29, 1.82) is 0 Å². The number of aryl methyl sites for hydroxylation is 1. The lowest BCUT2D eigenvalue weighted by molar-refractivity contribution is 0.0690. The number of carbonyl (C=O) groups excluding carboxylic acids is 1. The van der Waals surface area contributed by atoms with Gasteiger partial charge in [0.2, 0.25) is 0 Å². The first-order chi connectivity index (χ1) is 9.11. The molecule has 112 valence electrons. The minimum absolute atomic E-state index is 0. The van der Waals surface area contributed by atoms with Gasteiger partial charge in [-0.25, -0.2) is 4.39 Å². The summed E-state index contributed by atoms with van der Waals surface area (Å²) in [5.74, 6) is 0.394. The molecule has 1 aliphatic heterocycles. The van der Waals surface area contributed by atoms with Crippen LogP contribution in [0.3, 0.4) is 0 Å². The van der Waals surface area contributed by atoms with Gasteiger partial charge in [0.1, 0.15) is 5.82 Å². The molecular formula is C15H22ClFN2O. The largest absolute Gasteiger partial charge is 0.339 e. The van der Waals surface area contributed by atoms with Crippen LogP contribution in [0.2, 0.25) is 0 Å². The summed E-state index contributed by atoms with van der Waals surface area (Å²) in [6.07, 6.45) is 2.07. The summed E-state index contributed by atoms with van der Waals surface area (Å²) < 4.78 is 13.1. The van der Waals surface area contributed by atoms with Crippen LogP contribution in [0.5, 0.6) is 0 Å². The fourth-order valence-electron chi connectivity index (χ4n) is 2.67. The molecule has 1 N–H and O–H groups in total. The molecule has 0 atom stereocenters. The van der Waals surface area contributed by atoms with Crippen LogP contribution in [0.25, 0.3) is 0 Å². The van der Waals surface area contributed by atoms with E-state index in [1.165, 1.54) is 12.1 Å². The fraction of sp³-hybridized carbons (Fsp3) is 0.533. The molecule has 1 aromatic carbocycles. The summed E-state index contributed by atoms with van der Waals surface area (Å²) in [6.45, 7) is 4.38. The maximum Gasteiger partial charge on any atom is 0.254 e. The van der Waals surface area contributed by atoms with Crippen molar-refractivity contribution in [2.45, 2.75) is 19.8 Å². The van der Waals surface area contributed by atoms with E-state index in [1.54, 1.807) is 13.0 Å². The Hall–Kier alpha value is -1.13.